The molecule has 6 nitrogen and oxygen atoms in total. The van der Waals surface area contributed by atoms with Crippen molar-refractivity contribution in [1.29, 1.82) is 0 Å². The number of hydrogen-bond acceptors (Lipinski definition) is 5. The predicted octanol–water partition coefficient (Wildman–Crippen LogP) is 1.78. The van der Waals surface area contributed by atoms with Crippen molar-refractivity contribution in [2.24, 2.45) is 0 Å². The van der Waals surface area contributed by atoms with Crippen LogP contribution in [0.4, 0.5) is 0 Å². The molecule has 94 valence electrons. The summed E-state index contributed by atoms with van der Waals surface area (Å²) in [7, 11) is 0. The lowest BCUT2D eigenvalue weighted by Crippen LogP contribution is -2.04. The Bertz CT molecular complexity index is 582. The normalized spacial score (nSPS) is 10.6. The van der Waals surface area contributed by atoms with Gasteiger partial charge in [0.05, 0.1) is 11.9 Å². The van der Waals surface area contributed by atoms with Crippen LogP contribution in [0, 0.1) is 6.92 Å². The van der Waals surface area contributed by atoms with Gasteiger partial charge in [0.1, 0.15) is 16.9 Å². The van der Waals surface area contributed by atoms with Crippen LogP contribution in [0.3, 0.4) is 0 Å². The number of carboxylic acid groups (broad SMARTS) is 1. The average Bonchev–Trinajstić information content (AvgIpc) is 2.72. The fourth-order valence-corrected chi connectivity index (χ4v) is 2.13. The van der Waals surface area contributed by atoms with E-state index in [-0.39, 0.29) is 5.56 Å². The molecule has 7 heteroatoms. The second-order valence-electron chi connectivity index (χ2n) is 3.51. The van der Waals surface area contributed by atoms with Crippen LogP contribution in [0.15, 0.2) is 23.6 Å². The van der Waals surface area contributed by atoms with Gasteiger partial charge >= 0.3 is 5.97 Å². The Balaban J connectivity index is 2.42. The van der Waals surface area contributed by atoms with Gasteiger partial charge in [-0.2, -0.15) is 5.10 Å². The molecule has 0 bridgehead atoms. The lowest BCUT2D eigenvalue weighted by molar-refractivity contribution is 0.0696. The summed E-state index contributed by atoms with van der Waals surface area (Å²) in [4.78, 5) is 19.2. The van der Waals surface area contributed by atoms with Crippen molar-refractivity contribution in [1.82, 2.24) is 19.7 Å². The first-order valence-corrected chi connectivity index (χ1v) is 6.35. The Hall–Kier alpha value is -1.89. The van der Waals surface area contributed by atoms with Gasteiger partial charge in [0.25, 0.3) is 0 Å². The topological polar surface area (TPSA) is 80.9 Å². The summed E-state index contributed by atoms with van der Waals surface area (Å²) in [5, 5.41) is 13.9. The molecule has 0 aromatic carbocycles. The molecule has 0 aliphatic rings. The molecular formula is C11H12N4O2S. The van der Waals surface area contributed by atoms with Gasteiger partial charge < -0.3 is 5.11 Å². The van der Waals surface area contributed by atoms with E-state index in [4.69, 9.17) is 5.11 Å². The SMILES string of the molecule is CCSc1cc(-n2ncc(C(=O)O)c2C)ncn1. The Labute approximate surface area is 108 Å². The second kappa shape index (κ2) is 5.18. The second-order valence-corrected chi connectivity index (χ2v) is 4.79. The summed E-state index contributed by atoms with van der Waals surface area (Å²) in [5.74, 6) is 0.497. The molecule has 0 radical (unpaired) electrons. The smallest absolute Gasteiger partial charge is 0.339 e. The van der Waals surface area contributed by atoms with Crippen LogP contribution < -0.4 is 0 Å². The Morgan fingerprint density at radius 1 is 1.50 bits per heavy atom. The number of carboxylic acids is 1. The lowest BCUT2D eigenvalue weighted by Gasteiger charge is -2.04. The number of aromatic nitrogens is 4. The molecule has 1 N–H and O–H groups in total. The van der Waals surface area contributed by atoms with Gasteiger partial charge in [-0.25, -0.2) is 19.4 Å². The summed E-state index contributed by atoms with van der Waals surface area (Å²) in [6.07, 6.45) is 2.78. The maximum atomic E-state index is 10.9. The van der Waals surface area contributed by atoms with Crippen LogP contribution in [0.1, 0.15) is 23.0 Å². The van der Waals surface area contributed by atoms with E-state index in [2.05, 4.69) is 15.1 Å². The number of hydrogen-bond donors (Lipinski definition) is 1. The van der Waals surface area contributed by atoms with E-state index < -0.39 is 5.97 Å². The Morgan fingerprint density at radius 2 is 2.28 bits per heavy atom. The van der Waals surface area contributed by atoms with Crippen molar-refractivity contribution in [2.45, 2.75) is 18.9 Å². The minimum Gasteiger partial charge on any atom is -0.478 e. The fourth-order valence-electron chi connectivity index (χ4n) is 1.52. The van der Waals surface area contributed by atoms with E-state index in [1.807, 2.05) is 6.92 Å². The summed E-state index contributed by atoms with van der Waals surface area (Å²) < 4.78 is 1.50. The molecule has 2 aromatic heterocycles. The molecule has 0 amide bonds. The van der Waals surface area contributed by atoms with Gasteiger partial charge in [0, 0.05) is 6.07 Å². The highest BCUT2D eigenvalue weighted by Crippen LogP contribution is 2.18. The third kappa shape index (κ3) is 2.35. The predicted molar refractivity (Wildman–Crippen MR) is 67.2 cm³/mol. The number of thioether (sulfide) groups is 1. The molecule has 0 unspecified atom stereocenters. The zero-order valence-electron chi connectivity index (χ0n) is 9.99. The van der Waals surface area contributed by atoms with E-state index in [0.717, 1.165) is 10.8 Å². The Kier molecular flexibility index (Phi) is 3.61. The fraction of sp³-hybridized carbons (Fsp3) is 0.273. The molecule has 2 rings (SSSR count). The molecule has 0 saturated heterocycles. The van der Waals surface area contributed by atoms with Crippen molar-refractivity contribution >= 4 is 17.7 Å². The molecule has 0 saturated carbocycles. The van der Waals surface area contributed by atoms with Gasteiger partial charge in [0.15, 0.2) is 5.82 Å². The van der Waals surface area contributed by atoms with Crippen molar-refractivity contribution in [3.63, 3.8) is 0 Å². The van der Waals surface area contributed by atoms with Gasteiger partial charge in [-0.3, -0.25) is 0 Å². The van der Waals surface area contributed by atoms with Gasteiger partial charge in [-0.1, -0.05) is 6.92 Å². The summed E-state index contributed by atoms with van der Waals surface area (Å²) in [6.45, 7) is 3.74. The highest BCUT2D eigenvalue weighted by molar-refractivity contribution is 7.99. The van der Waals surface area contributed by atoms with Crippen LogP contribution in [0.5, 0.6) is 0 Å². The number of aromatic carboxylic acids is 1. The lowest BCUT2D eigenvalue weighted by atomic mass is 10.3. The first-order valence-electron chi connectivity index (χ1n) is 5.36. The summed E-state index contributed by atoms with van der Waals surface area (Å²) in [5.41, 5.74) is 0.729. The molecule has 0 spiro atoms. The molecule has 18 heavy (non-hydrogen) atoms. The first kappa shape index (κ1) is 12.6. The van der Waals surface area contributed by atoms with Crippen molar-refractivity contribution in [2.75, 3.05) is 5.75 Å². The van der Waals surface area contributed by atoms with Crippen molar-refractivity contribution in [3.8, 4) is 5.82 Å². The monoisotopic (exact) mass is 264 g/mol. The highest BCUT2D eigenvalue weighted by atomic mass is 32.2. The van der Waals surface area contributed by atoms with Crippen LogP contribution in [-0.4, -0.2) is 36.6 Å². The third-order valence-electron chi connectivity index (χ3n) is 2.38. The minimum atomic E-state index is -0.990. The number of nitrogens with zero attached hydrogens (tertiary/aromatic N) is 4. The third-order valence-corrected chi connectivity index (χ3v) is 3.18. The summed E-state index contributed by atoms with van der Waals surface area (Å²) in [6, 6.07) is 1.79. The van der Waals surface area contributed by atoms with Gasteiger partial charge in [-0.15, -0.1) is 11.8 Å². The Morgan fingerprint density at radius 3 is 2.89 bits per heavy atom. The van der Waals surface area contributed by atoms with Crippen molar-refractivity contribution < 1.29 is 9.90 Å². The summed E-state index contributed by atoms with van der Waals surface area (Å²) >= 11 is 1.59. The van der Waals surface area contributed by atoms with Gasteiger partial charge in [0.2, 0.25) is 0 Å². The molecule has 0 aliphatic carbocycles. The molecule has 0 aliphatic heterocycles. The van der Waals surface area contributed by atoms with E-state index in [1.54, 1.807) is 24.8 Å². The van der Waals surface area contributed by atoms with Crippen LogP contribution in [0.25, 0.3) is 5.82 Å². The molecule has 0 atom stereocenters. The van der Waals surface area contributed by atoms with E-state index in [1.165, 1.54) is 17.2 Å². The van der Waals surface area contributed by atoms with E-state index >= 15 is 0 Å². The van der Waals surface area contributed by atoms with E-state index in [9.17, 15) is 4.79 Å². The molecule has 2 heterocycles. The standard InChI is InChI=1S/C11H12N4O2S/c1-3-18-10-4-9(12-6-13-10)15-7(2)8(5-14-15)11(16)17/h4-6H,3H2,1-2H3,(H,16,17). The number of rotatable bonds is 4. The molecule has 0 fully saturated rings. The molecule has 2 aromatic rings. The zero-order valence-corrected chi connectivity index (χ0v) is 10.8. The maximum absolute atomic E-state index is 10.9. The van der Waals surface area contributed by atoms with Crippen LogP contribution in [-0.2, 0) is 0 Å². The van der Waals surface area contributed by atoms with Gasteiger partial charge in [-0.05, 0) is 12.7 Å². The largest absolute Gasteiger partial charge is 0.478 e. The minimum absolute atomic E-state index is 0.179. The number of carbonyl (C=O) groups is 1. The molecular weight excluding hydrogens is 252 g/mol. The highest BCUT2D eigenvalue weighted by Gasteiger charge is 2.14. The average molecular weight is 264 g/mol. The van der Waals surface area contributed by atoms with Crippen LogP contribution in [0.2, 0.25) is 0 Å². The zero-order chi connectivity index (χ0) is 13.1. The van der Waals surface area contributed by atoms with E-state index in [0.29, 0.717) is 11.5 Å². The maximum Gasteiger partial charge on any atom is 0.339 e. The van der Waals surface area contributed by atoms with Crippen LogP contribution >= 0.6 is 11.8 Å². The first-order chi connectivity index (χ1) is 8.63. The van der Waals surface area contributed by atoms with Crippen molar-refractivity contribution in [3.05, 3.63) is 29.8 Å². The quantitative estimate of drug-likeness (QED) is 0.669.